The van der Waals surface area contributed by atoms with Gasteiger partial charge in [-0.2, -0.15) is 5.10 Å². The zero-order chi connectivity index (χ0) is 15.9. The van der Waals surface area contributed by atoms with Gasteiger partial charge in [-0.3, -0.25) is 9.59 Å². The number of anilines is 1. The molecule has 118 valence electrons. The Morgan fingerprint density at radius 3 is 2.77 bits per heavy atom. The second-order valence-electron chi connectivity index (χ2n) is 5.68. The Morgan fingerprint density at radius 2 is 2.09 bits per heavy atom. The molecule has 22 heavy (non-hydrogen) atoms. The minimum Gasteiger partial charge on any atom is -0.326 e. The van der Waals surface area contributed by atoms with Crippen LogP contribution in [0.3, 0.4) is 0 Å². The minimum atomic E-state index is -0.0700. The lowest BCUT2D eigenvalue weighted by Gasteiger charge is -2.07. The van der Waals surface area contributed by atoms with Gasteiger partial charge in [0.15, 0.2) is 0 Å². The van der Waals surface area contributed by atoms with Crippen molar-refractivity contribution in [1.82, 2.24) is 5.43 Å². The van der Waals surface area contributed by atoms with Crippen LogP contribution in [0.4, 0.5) is 5.69 Å². The highest BCUT2D eigenvalue weighted by Gasteiger charge is 2.29. The van der Waals surface area contributed by atoms with E-state index in [9.17, 15) is 9.59 Å². The molecular formula is C17H23N3O2. The Balaban J connectivity index is 1.95. The standard InChI is InChI=1S/C17H23N3O2/c1-3-4-8-16(21)20-19-12(2)14-6-5-7-15(11-14)18-17(22)13-9-10-13/h5-7,11,13H,3-4,8-10H2,1-2H3,(H,18,22)(H,20,21). The Hall–Kier alpha value is -2.17. The summed E-state index contributed by atoms with van der Waals surface area (Å²) in [4.78, 5) is 23.3. The molecule has 0 atom stereocenters. The normalized spacial score (nSPS) is 14.5. The van der Waals surface area contributed by atoms with Gasteiger partial charge in [0, 0.05) is 18.0 Å². The van der Waals surface area contributed by atoms with E-state index in [-0.39, 0.29) is 17.7 Å². The molecule has 0 heterocycles. The fourth-order valence-corrected chi connectivity index (χ4v) is 2.02. The third kappa shape index (κ3) is 4.98. The van der Waals surface area contributed by atoms with E-state index >= 15 is 0 Å². The summed E-state index contributed by atoms with van der Waals surface area (Å²) >= 11 is 0. The molecule has 0 bridgehead atoms. The Labute approximate surface area is 131 Å². The van der Waals surface area contributed by atoms with Gasteiger partial charge >= 0.3 is 0 Å². The predicted octanol–water partition coefficient (Wildman–Crippen LogP) is 3.07. The van der Waals surface area contributed by atoms with Crippen molar-refractivity contribution in [1.29, 1.82) is 0 Å². The van der Waals surface area contributed by atoms with Crippen molar-refractivity contribution in [3.63, 3.8) is 0 Å². The first-order chi connectivity index (χ1) is 10.6. The van der Waals surface area contributed by atoms with Gasteiger partial charge in [-0.15, -0.1) is 0 Å². The number of carbonyl (C=O) groups is 2. The lowest BCUT2D eigenvalue weighted by molar-refractivity contribution is -0.121. The van der Waals surface area contributed by atoms with Crippen LogP contribution >= 0.6 is 0 Å². The van der Waals surface area contributed by atoms with Crippen molar-refractivity contribution in [2.75, 3.05) is 5.32 Å². The molecule has 0 unspecified atom stereocenters. The molecule has 1 aliphatic carbocycles. The number of benzene rings is 1. The van der Waals surface area contributed by atoms with Gasteiger partial charge in [0.05, 0.1) is 5.71 Å². The molecule has 2 N–H and O–H groups in total. The molecule has 0 spiro atoms. The van der Waals surface area contributed by atoms with Crippen molar-refractivity contribution in [2.45, 2.75) is 46.0 Å². The number of unbranched alkanes of at least 4 members (excludes halogenated alkanes) is 1. The van der Waals surface area contributed by atoms with Gasteiger partial charge in [0.2, 0.25) is 11.8 Å². The van der Waals surface area contributed by atoms with Crippen molar-refractivity contribution in [3.8, 4) is 0 Å². The first-order valence-electron chi connectivity index (χ1n) is 7.84. The van der Waals surface area contributed by atoms with Crippen LogP contribution in [0, 0.1) is 5.92 Å². The number of nitrogens with zero attached hydrogens (tertiary/aromatic N) is 1. The van der Waals surface area contributed by atoms with Crippen molar-refractivity contribution < 1.29 is 9.59 Å². The number of amides is 2. The molecule has 1 aromatic carbocycles. The molecule has 5 nitrogen and oxygen atoms in total. The predicted molar refractivity (Wildman–Crippen MR) is 87.7 cm³/mol. The lowest BCUT2D eigenvalue weighted by atomic mass is 10.1. The minimum absolute atomic E-state index is 0.0700. The lowest BCUT2D eigenvalue weighted by Crippen LogP contribution is -2.19. The molecule has 1 aromatic rings. The van der Waals surface area contributed by atoms with Crippen LogP contribution in [0.5, 0.6) is 0 Å². The monoisotopic (exact) mass is 301 g/mol. The van der Waals surface area contributed by atoms with E-state index in [1.54, 1.807) is 0 Å². The smallest absolute Gasteiger partial charge is 0.240 e. The number of hydrazone groups is 1. The first kappa shape index (κ1) is 16.2. The quantitative estimate of drug-likeness (QED) is 0.600. The van der Waals surface area contributed by atoms with Crippen molar-refractivity contribution in [3.05, 3.63) is 29.8 Å². The van der Waals surface area contributed by atoms with Gasteiger partial charge in [-0.05, 0) is 43.9 Å². The summed E-state index contributed by atoms with van der Waals surface area (Å²) in [5, 5.41) is 7.03. The van der Waals surface area contributed by atoms with Crippen molar-refractivity contribution >= 4 is 23.2 Å². The average Bonchev–Trinajstić information content (AvgIpc) is 3.35. The third-order valence-electron chi connectivity index (χ3n) is 3.60. The second-order valence-corrected chi connectivity index (χ2v) is 5.68. The van der Waals surface area contributed by atoms with Crippen LogP contribution < -0.4 is 10.7 Å². The van der Waals surface area contributed by atoms with E-state index < -0.39 is 0 Å². The van der Waals surface area contributed by atoms with Crippen LogP contribution in [-0.4, -0.2) is 17.5 Å². The molecule has 2 amide bonds. The number of nitrogens with one attached hydrogen (secondary N) is 2. The number of rotatable bonds is 7. The first-order valence-corrected chi connectivity index (χ1v) is 7.84. The Kier molecular flexibility index (Phi) is 5.69. The molecule has 0 aromatic heterocycles. The molecular weight excluding hydrogens is 278 g/mol. The van der Waals surface area contributed by atoms with Gasteiger partial charge in [-0.1, -0.05) is 25.5 Å². The summed E-state index contributed by atoms with van der Waals surface area (Å²) in [7, 11) is 0. The number of hydrogen-bond donors (Lipinski definition) is 2. The molecule has 0 radical (unpaired) electrons. The number of hydrogen-bond acceptors (Lipinski definition) is 3. The highest BCUT2D eigenvalue weighted by Crippen LogP contribution is 2.30. The number of carbonyl (C=O) groups excluding carboxylic acids is 2. The van der Waals surface area contributed by atoms with E-state index in [1.807, 2.05) is 38.1 Å². The van der Waals surface area contributed by atoms with Crippen LogP contribution in [0.1, 0.15) is 51.5 Å². The summed E-state index contributed by atoms with van der Waals surface area (Å²) < 4.78 is 0. The van der Waals surface area contributed by atoms with E-state index in [4.69, 9.17) is 0 Å². The highest BCUT2D eigenvalue weighted by atomic mass is 16.2. The van der Waals surface area contributed by atoms with Crippen molar-refractivity contribution in [2.24, 2.45) is 11.0 Å². The zero-order valence-corrected chi connectivity index (χ0v) is 13.2. The maximum atomic E-state index is 11.8. The topological polar surface area (TPSA) is 70.6 Å². The maximum absolute atomic E-state index is 11.8. The highest BCUT2D eigenvalue weighted by molar-refractivity contribution is 6.01. The Morgan fingerprint density at radius 1 is 1.32 bits per heavy atom. The molecule has 1 fully saturated rings. The molecule has 1 saturated carbocycles. The van der Waals surface area contributed by atoms with E-state index in [0.717, 1.165) is 36.9 Å². The summed E-state index contributed by atoms with van der Waals surface area (Å²) in [6.07, 6.45) is 4.30. The molecule has 2 rings (SSSR count). The largest absolute Gasteiger partial charge is 0.326 e. The summed E-state index contributed by atoms with van der Waals surface area (Å²) in [5.41, 5.74) is 4.93. The average molecular weight is 301 g/mol. The summed E-state index contributed by atoms with van der Waals surface area (Å²) in [5.74, 6) is 0.190. The SMILES string of the molecule is CCCCC(=O)NN=C(C)c1cccc(NC(=O)C2CC2)c1. The molecule has 5 heteroatoms. The van der Waals surface area contributed by atoms with E-state index in [0.29, 0.717) is 12.1 Å². The van der Waals surface area contributed by atoms with Crippen LogP contribution in [0.2, 0.25) is 0 Å². The van der Waals surface area contributed by atoms with Gasteiger partial charge in [-0.25, -0.2) is 5.43 Å². The fourth-order valence-electron chi connectivity index (χ4n) is 2.02. The zero-order valence-electron chi connectivity index (χ0n) is 13.2. The van der Waals surface area contributed by atoms with Crippen LogP contribution in [0.15, 0.2) is 29.4 Å². The van der Waals surface area contributed by atoms with E-state index in [1.165, 1.54) is 0 Å². The van der Waals surface area contributed by atoms with Crippen LogP contribution in [-0.2, 0) is 9.59 Å². The van der Waals surface area contributed by atoms with Gasteiger partial charge in [0.25, 0.3) is 0 Å². The molecule has 1 aliphatic rings. The van der Waals surface area contributed by atoms with Crippen LogP contribution in [0.25, 0.3) is 0 Å². The maximum Gasteiger partial charge on any atom is 0.240 e. The van der Waals surface area contributed by atoms with E-state index in [2.05, 4.69) is 15.8 Å². The fraction of sp³-hybridized carbons (Fsp3) is 0.471. The Bertz CT molecular complexity index is 577. The summed E-state index contributed by atoms with van der Waals surface area (Å²) in [6.45, 7) is 3.88. The second kappa shape index (κ2) is 7.73. The molecule has 0 aliphatic heterocycles. The molecule has 0 saturated heterocycles. The third-order valence-corrected chi connectivity index (χ3v) is 3.60. The summed E-state index contributed by atoms with van der Waals surface area (Å²) in [6, 6.07) is 7.51. The van der Waals surface area contributed by atoms with Gasteiger partial charge in [0.1, 0.15) is 0 Å². The van der Waals surface area contributed by atoms with Gasteiger partial charge < -0.3 is 5.32 Å².